The van der Waals surface area contributed by atoms with Gasteiger partial charge in [-0.2, -0.15) is 5.01 Å². The molecule has 2 aromatic heterocycles. The van der Waals surface area contributed by atoms with Crippen LogP contribution in [0.2, 0.25) is 0 Å². The number of carbonyl (C=O) groups is 2. The van der Waals surface area contributed by atoms with Gasteiger partial charge < -0.3 is 20.4 Å². The maximum Gasteiger partial charge on any atom is 0.340 e. The maximum atomic E-state index is 13.3. The summed E-state index contributed by atoms with van der Waals surface area (Å²) in [4.78, 5) is 38.8. The smallest absolute Gasteiger partial charge is 0.340 e. The summed E-state index contributed by atoms with van der Waals surface area (Å²) in [5, 5.41) is 12.2. The minimum atomic E-state index is -0.639. The number of aromatic amines is 1. The molecule has 0 unspecified atom stereocenters. The second-order valence-corrected chi connectivity index (χ2v) is 7.82. The normalized spacial score (nSPS) is 11.0. The van der Waals surface area contributed by atoms with Crippen LogP contribution in [0.5, 0.6) is 5.75 Å². The van der Waals surface area contributed by atoms with E-state index in [0.717, 1.165) is 43.9 Å². The Hall–Kier alpha value is -4.21. The molecule has 0 bridgehead atoms. The first-order valence-electron chi connectivity index (χ1n) is 10.4. The van der Waals surface area contributed by atoms with Crippen molar-refractivity contribution in [3.05, 3.63) is 52.7 Å². The summed E-state index contributed by atoms with van der Waals surface area (Å²) in [5.74, 6) is 0.505. The number of hydrogen-bond acceptors (Lipinski definition) is 5. The number of pyridine rings is 1. The maximum absolute atomic E-state index is 13.3. The molecule has 0 saturated carbocycles. The van der Waals surface area contributed by atoms with Gasteiger partial charge in [-0.25, -0.2) is 9.36 Å². The molecule has 10 nitrogen and oxygen atoms in total. The highest BCUT2D eigenvalue weighted by atomic mass is 16.5. The number of H-pyrrole nitrogens is 1. The summed E-state index contributed by atoms with van der Waals surface area (Å²) in [5.41, 5.74) is 3.15. The molecule has 170 valence electrons. The van der Waals surface area contributed by atoms with Crippen molar-refractivity contribution < 1.29 is 18.9 Å². The molecular weight excluding hydrogens is 424 g/mol. The highest BCUT2D eigenvalue weighted by Crippen LogP contribution is 2.37. The lowest BCUT2D eigenvalue weighted by Crippen LogP contribution is -2.39. The summed E-state index contributed by atoms with van der Waals surface area (Å²) in [7, 11) is 4.82. The number of fused-ring (bicyclic) bond motifs is 4. The van der Waals surface area contributed by atoms with Crippen molar-refractivity contribution in [3.63, 3.8) is 0 Å². The Morgan fingerprint density at radius 1 is 1.18 bits per heavy atom. The van der Waals surface area contributed by atoms with Crippen LogP contribution in [0.3, 0.4) is 0 Å². The fourth-order valence-corrected chi connectivity index (χ4v) is 4.11. The van der Waals surface area contributed by atoms with E-state index in [9.17, 15) is 14.5 Å². The van der Waals surface area contributed by atoms with Crippen LogP contribution in [0.15, 0.2) is 41.9 Å². The van der Waals surface area contributed by atoms with Crippen molar-refractivity contribution in [1.82, 2.24) is 20.6 Å². The number of nitrogens with one attached hydrogen (secondary N) is 3. The molecule has 2 heterocycles. The number of rotatable bonds is 6. The number of aromatic nitrogens is 2. The van der Waals surface area contributed by atoms with Gasteiger partial charge in [0.15, 0.2) is 12.4 Å². The molecule has 3 N–H and O–H groups in total. The average Bonchev–Trinajstić information content (AvgIpc) is 3.18. The fraction of sp³-hybridized carbons (Fsp3) is 0.261. The van der Waals surface area contributed by atoms with Crippen LogP contribution < -0.4 is 19.9 Å². The van der Waals surface area contributed by atoms with E-state index in [4.69, 9.17) is 4.74 Å². The molecule has 0 atom stereocenters. The quantitative estimate of drug-likeness (QED) is 0.181. The Morgan fingerprint density at radius 2 is 1.94 bits per heavy atom. The van der Waals surface area contributed by atoms with Crippen molar-refractivity contribution in [2.75, 3.05) is 27.2 Å². The number of nitrogens with zero attached hydrogens (tertiary/aromatic N) is 3. The van der Waals surface area contributed by atoms with E-state index in [-0.39, 0.29) is 19.0 Å². The highest BCUT2D eigenvalue weighted by Gasteiger charge is 2.21. The first-order valence-corrected chi connectivity index (χ1v) is 10.4. The van der Waals surface area contributed by atoms with Crippen LogP contribution in [-0.4, -0.2) is 49.2 Å². The zero-order chi connectivity index (χ0) is 23.7. The first kappa shape index (κ1) is 22.0. The molecule has 33 heavy (non-hydrogen) atoms. The summed E-state index contributed by atoms with van der Waals surface area (Å²) in [6.45, 7) is 2.33. The Labute approximate surface area is 189 Å². The van der Waals surface area contributed by atoms with E-state index in [0.29, 0.717) is 10.6 Å². The van der Waals surface area contributed by atoms with Crippen molar-refractivity contribution in [2.24, 2.45) is 12.3 Å². The van der Waals surface area contributed by atoms with E-state index >= 15 is 0 Å². The number of aryl methyl sites for hydroxylation is 2. The van der Waals surface area contributed by atoms with E-state index < -0.39 is 6.03 Å². The van der Waals surface area contributed by atoms with Crippen LogP contribution in [0.25, 0.3) is 32.6 Å². The molecule has 0 saturated heterocycles. The molecule has 10 heteroatoms. The Balaban J connectivity index is 1.77. The predicted molar refractivity (Wildman–Crippen MR) is 125 cm³/mol. The third-order valence-corrected chi connectivity index (χ3v) is 5.71. The lowest BCUT2D eigenvalue weighted by molar-refractivity contribution is -0.670. The second kappa shape index (κ2) is 8.73. The molecule has 0 fully saturated rings. The van der Waals surface area contributed by atoms with Crippen LogP contribution in [0.4, 0.5) is 4.79 Å². The summed E-state index contributed by atoms with van der Waals surface area (Å²) in [6.07, 6.45) is 3.87. The van der Waals surface area contributed by atoms with Gasteiger partial charge in [-0.1, -0.05) is 0 Å². The zero-order valence-corrected chi connectivity index (χ0v) is 18.9. The largest absolute Gasteiger partial charge is 0.496 e. The van der Waals surface area contributed by atoms with Gasteiger partial charge in [-0.15, -0.1) is 4.91 Å². The monoisotopic (exact) mass is 449 g/mol. The number of benzene rings is 2. The van der Waals surface area contributed by atoms with Gasteiger partial charge in [0.05, 0.1) is 23.5 Å². The number of methoxy groups -OCH3 is 1. The molecule has 0 aliphatic heterocycles. The molecule has 0 aliphatic carbocycles. The van der Waals surface area contributed by atoms with E-state index in [1.165, 1.54) is 7.05 Å². The topological polar surface area (TPSA) is 120 Å². The van der Waals surface area contributed by atoms with Gasteiger partial charge in [0.2, 0.25) is 0 Å². The number of amides is 3. The third-order valence-electron chi connectivity index (χ3n) is 5.71. The Bertz CT molecular complexity index is 1410. The lowest BCUT2D eigenvalue weighted by atomic mass is 9.99. The van der Waals surface area contributed by atoms with Crippen LogP contribution in [0, 0.1) is 11.8 Å². The van der Waals surface area contributed by atoms with Gasteiger partial charge in [0, 0.05) is 58.8 Å². The van der Waals surface area contributed by atoms with Crippen LogP contribution in [-0.2, 0) is 7.05 Å². The number of carbonyl (C=O) groups excluding carboxylic acids is 2. The summed E-state index contributed by atoms with van der Waals surface area (Å²) >= 11 is 0. The fourth-order valence-electron chi connectivity index (χ4n) is 4.11. The van der Waals surface area contributed by atoms with Crippen molar-refractivity contribution in [2.45, 2.75) is 6.92 Å². The molecule has 3 amide bonds. The average molecular weight is 449 g/mol. The van der Waals surface area contributed by atoms with Crippen molar-refractivity contribution in [3.8, 4) is 5.75 Å². The molecule has 0 radical (unpaired) electrons. The predicted octanol–water partition coefficient (Wildman–Crippen LogP) is 2.67. The molecule has 4 aromatic rings. The van der Waals surface area contributed by atoms with Gasteiger partial charge in [0.1, 0.15) is 12.8 Å². The molecular formula is C23H25N6O4+. The standard InChI is InChI=1S/C23H24N6O4/c1-13-18(33-4)6-5-17-19(13)16-11-14-12-28(2)10-7-15(14)20(21(16)26-17)22(30)24-8-9-25-23(31)29(3)27-32/h5-7,10-12H,8-9H2,1-4H3,(H2,24,25,30,31)/p+1. The lowest BCUT2D eigenvalue weighted by Gasteiger charge is -2.11. The second-order valence-electron chi connectivity index (χ2n) is 7.82. The van der Waals surface area contributed by atoms with Gasteiger partial charge in [-0.3, -0.25) is 4.79 Å². The van der Waals surface area contributed by atoms with E-state index in [2.05, 4.69) is 27.0 Å². The SMILES string of the molecule is COc1ccc2[nH]c3c(C(=O)NCCNC(=O)N(C)N=O)c4cc[n+](C)cc4cc3c2c1C. The number of urea groups is 1. The van der Waals surface area contributed by atoms with Gasteiger partial charge in [-0.05, 0) is 25.1 Å². The summed E-state index contributed by atoms with van der Waals surface area (Å²) < 4.78 is 7.44. The number of nitroso groups, excluding NO2 is 1. The van der Waals surface area contributed by atoms with Gasteiger partial charge in [0.25, 0.3) is 5.91 Å². The van der Waals surface area contributed by atoms with Crippen molar-refractivity contribution in [1.29, 1.82) is 0 Å². The van der Waals surface area contributed by atoms with Crippen LogP contribution >= 0.6 is 0 Å². The molecule has 0 aliphatic rings. The van der Waals surface area contributed by atoms with Gasteiger partial charge >= 0.3 is 6.03 Å². The minimum Gasteiger partial charge on any atom is -0.496 e. The van der Waals surface area contributed by atoms with E-state index in [1.807, 2.05) is 49.1 Å². The third kappa shape index (κ3) is 3.91. The number of hydrogen-bond donors (Lipinski definition) is 3. The highest BCUT2D eigenvalue weighted by molar-refractivity contribution is 6.23. The molecule has 4 rings (SSSR count). The van der Waals surface area contributed by atoms with Crippen LogP contribution in [0.1, 0.15) is 15.9 Å². The zero-order valence-electron chi connectivity index (χ0n) is 18.9. The van der Waals surface area contributed by atoms with Crippen molar-refractivity contribution >= 4 is 44.5 Å². The minimum absolute atomic E-state index is 0.149. The summed E-state index contributed by atoms with van der Waals surface area (Å²) in [6, 6.07) is 7.20. The molecule has 0 spiro atoms. The molecule has 2 aromatic carbocycles. The van der Waals surface area contributed by atoms with E-state index in [1.54, 1.807) is 7.11 Å². The Kier molecular flexibility index (Phi) is 5.82. The first-order chi connectivity index (χ1) is 15.8. The Morgan fingerprint density at radius 3 is 2.67 bits per heavy atom. The number of ether oxygens (including phenoxy) is 1.